The first kappa shape index (κ1) is 16.2. The molecule has 2 aromatic rings. The largest absolute Gasteiger partial charge is 0.338 e. The van der Waals surface area contributed by atoms with Gasteiger partial charge in [0.05, 0.1) is 15.5 Å². The van der Waals surface area contributed by atoms with Crippen molar-refractivity contribution in [3.63, 3.8) is 0 Å². The van der Waals surface area contributed by atoms with Crippen LogP contribution in [0.25, 0.3) is 0 Å². The van der Waals surface area contributed by atoms with Crippen molar-refractivity contribution in [2.24, 2.45) is 5.92 Å². The molecule has 1 saturated heterocycles. The number of halogens is 1. The van der Waals surface area contributed by atoms with E-state index >= 15 is 0 Å². The van der Waals surface area contributed by atoms with Crippen molar-refractivity contribution in [1.82, 2.24) is 14.5 Å². The maximum Gasteiger partial charge on any atom is 0.263 e. The van der Waals surface area contributed by atoms with Crippen LogP contribution in [0.3, 0.4) is 0 Å². The number of rotatable bonds is 3. The van der Waals surface area contributed by atoms with Crippen LogP contribution in [0.5, 0.6) is 0 Å². The van der Waals surface area contributed by atoms with Gasteiger partial charge in [-0.3, -0.25) is 14.2 Å². The smallest absolute Gasteiger partial charge is 0.263 e. The number of likely N-dealkylation sites (tertiary alicyclic amines) is 1. The van der Waals surface area contributed by atoms with Crippen LogP contribution in [0, 0.1) is 12.8 Å². The van der Waals surface area contributed by atoms with Crippen molar-refractivity contribution in [1.29, 1.82) is 0 Å². The molecule has 0 unspecified atom stereocenters. The lowest BCUT2D eigenvalue weighted by Crippen LogP contribution is -2.39. The fourth-order valence-electron chi connectivity index (χ4n) is 2.87. The summed E-state index contributed by atoms with van der Waals surface area (Å²) >= 11 is 7.21. The zero-order chi connectivity index (χ0) is 16.4. The topological polar surface area (TPSA) is 55.2 Å². The zero-order valence-corrected chi connectivity index (χ0v) is 14.4. The summed E-state index contributed by atoms with van der Waals surface area (Å²) in [4.78, 5) is 31.1. The average molecular weight is 352 g/mol. The molecule has 1 amide bonds. The fraction of sp³-hybridized carbons (Fsp3) is 0.438. The van der Waals surface area contributed by atoms with Gasteiger partial charge in [-0.25, -0.2) is 4.98 Å². The Balaban J connectivity index is 1.59. The molecule has 3 rings (SSSR count). The molecule has 1 aliphatic rings. The quantitative estimate of drug-likeness (QED) is 0.854. The van der Waals surface area contributed by atoms with Crippen molar-refractivity contribution in [3.05, 3.63) is 49.8 Å². The lowest BCUT2D eigenvalue weighted by molar-refractivity contribution is 0.0687. The molecule has 0 bridgehead atoms. The molecule has 7 heteroatoms. The molecule has 2 aromatic heterocycles. The molecule has 0 saturated carbocycles. The van der Waals surface area contributed by atoms with E-state index in [2.05, 4.69) is 4.98 Å². The minimum atomic E-state index is 0.0201. The van der Waals surface area contributed by atoms with Crippen molar-refractivity contribution in [2.45, 2.75) is 26.3 Å². The van der Waals surface area contributed by atoms with Crippen LogP contribution in [-0.4, -0.2) is 33.4 Å². The number of thiophene rings is 1. The van der Waals surface area contributed by atoms with E-state index in [0.717, 1.165) is 12.8 Å². The van der Waals surface area contributed by atoms with E-state index in [1.165, 1.54) is 11.3 Å². The Kier molecular flexibility index (Phi) is 4.82. The predicted octanol–water partition coefficient (Wildman–Crippen LogP) is 2.82. The second-order valence-electron chi connectivity index (χ2n) is 5.87. The van der Waals surface area contributed by atoms with Crippen LogP contribution < -0.4 is 5.56 Å². The number of carbonyl (C=O) groups is 1. The Hall–Kier alpha value is -1.66. The highest BCUT2D eigenvalue weighted by atomic mass is 35.5. The second-order valence-corrected chi connectivity index (χ2v) is 7.59. The molecule has 0 aromatic carbocycles. The van der Waals surface area contributed by atoms with E-state index in [9.17, 15) is 9.59 Å². The summed E-state index contributed by atoms with van der Waals surface area (Å²) in [5, 5.41) is 0. The molecule has 5 nitrogen and oxygen atoms in total. The molecular formula is C16H18ClN3O2S. The highest BCUT2D eigenvalue weighted by Gasteiger charge is 2.25. The number of nitrogens with zero attached hydrogens (tertiary/aromatic N) is 3. The summed E-state index contributed by atoms with van der Waals surface area (Å²) in [5.41, 5.74) is 0.682. The van der Waals surface area contributed by atoms with Crippen LogP contribution in [-0.2, 0) is 6.54 Å². The lowest BCUT2D eigenvalue weighted by atomic mass is 9.96. The summed E-state index contributed by atoms with van der Waals surface area (Å²) in [7, 11) is 0. The summed E-state index contributed by atoms with van der Waals surface area (Å²) in [6.07, 6.45) is 4.98. The maximum atomic E-state index is 12.4. The fourth-order valence-corrected chi connectivity index (χ4v) is 3.88. The summed E-state index contributed by atoms with van der Waals surface area (Å²) < 4.78 is 2.31. The molecule has 3 heterocycles. The molecular weight excluding hydrogens is 334 g/mol. The van der Waals surface area contributed by atoms with E-state index in [1.807, 2.05) is 4.90 Å². The van der Waals surface area contributed by atoms with Crippen molar-refractivity contribution in [3.8, 4) is 0 Å². The van der Waals surface area contributed by atoms with Gasteiger partial charge in [-0.15, -0.1) is 11.3 Å². The van der Waals surface area contributed by atoms with E-state index in [4.69, 9.17) is 11.6 Å². The van der Waals surface area contributed by atoms with Gasteiger partial charge >= 0.3 is 0 Å². The predicted molar refractivity (Wildman–Crippen MR) is 91.2 cm³/mol. The summed E-state index contributed by atoms with van der Waals surface area (Å²) in [6.45, 7) is 3.87. The Morgan fingerprint density at radius 2 is 2.13 bits per heavy atom. The van der Waals surface area contributed by atoms with Gasteiger partial charge in [0.25, 0.3) is 11.5 Å². The first-order valence-electron chi connectivity index (χ1n) is 7.60. The van der Waals surface area contributed by atoms with Gasteiger partial charge in [-0.2, -0.15) is 0 Å². The van der Waals surface area contributed by atoms with Crippen molar-refractivity contribution in [2.75, 3.05) is 13.1 Å². The number of hydrogen-bond acceptors (Lipinski definition) is 4. The lowest BCUT2D eigenvalue weighted by Gasteiger charge is -2.32. The monoisotopic (exact) mass is 351 g/mol. The summed E-state index contributed by atoms with van der Waals surface area (Å²) in [5.74, 6) is 0.446. The van der Waals surface area contributed by atoms with Crippen LogP contribution in [0.2, 0.25) is 4.34 Å². The molecule has 0 atom stereocenters. The molecule has 0 N–H and O–H groups in total. The van der Waals surface area contributed by atoms with Gasteiger partial charge in [0.15, 0.2) is 0 Å². The highest BCUT2D eigenvalue weighted by molar-refractivity contribution is 7.17. The average Bonchev–Trinajstić information content (AvgIpc) is 2.98. The van der Waals surface area contributed by atoms with Crippen LogP contribution in [0.4, 0.5) is 0 Å². The third-order valence-corrected chi connectivity index (χ3v) is 5.43. The SMILES string of the molecule is Cc1cncn(CC2CCN(C(=O)c3ccc(Cl)s3)CC2)c1=O. The third-order valence-electron chi connectivity index (χ3n) is 4.21. The number of aromatic nitrogens is 2. The van der Waals surface area contributed by atoms with Gasteiger partial charge in [0.1, 0.15) is 0 Å². The number of aryl methyl sites for hydroxylation is 1. The highest BCUT2D eigenvalue weighted by Crippen LogP contribution is 2.25. The van der Waals surface area contributed by atoms with Gasteiger partial charge in [-0.05, 0) is 37.8 Å². The van der Waals surface area contributed by atoms with E-state index < -0.39 is 0 Å². The maximum absolute atomic E-state index is 12.4. The van der Waals surface area contributed by atoms with Gasteiger partial charge in [0.2, 0.25) is 0 Å². The van der Waals surface area contributed by atoms with Gasteiger partial charge in [-0.1, -0.05) is 11.6 Å². The van der Waals surface area contributed by atoms with Crippen molar-refractivity contribution >= 4 is 28.8 Å². The second kappa shape index (κ2) is 6.84. The molecule has 1 fully saturated rings. The molecule has 1 aliphatic heterocycles. The van der Waals surface area contributed by atoms with Gasteiger partial charge in [0, 0.05) is 31.4 Å². The molecule has 0 aliphatic carbocycles. The minimum Gasteiger partial charge on any atom is -0.338 e. The first-order valence-corrected chi connectivity index (χ1v) is 8.79. The first-order chi connectivity index (χ1) is 11.0. The third kappa shape index (κ3) is 3.64. The normalized spacial score (nSPS) is 15.8. The molecule has 122 valence electrons. The Morgan fingerprint density at radius 1 is 1.39 bits per heavy atom. The standard InChI is InChI=1S/C16H18ClN3O2S/c1-11-8-18-10-20(15(11)21)9-12-4-6-19(7-5-12)16(22)13-2-3-14(17)23-13/h2-3,8,10,12H,4-7,9H2,1H3. The molecule has 23 heavy (non-hydrogen) atoms. The molecule has 0 spiro atoms. The van der Waals surface area contributed by atoms with E-state index in [-0.39, 0.29) is 11.5 Å². The number of amides is 1. The van der Waals surface area contributed by atoms with E-state index in [1.54, 1.807) is 36.1 Å². The Bertz CT molecular complexity index is 763. The van der Waals surface area contributed by atoms with Crippen LogP contribution in [0.1, 0.15) is 28.1 Å². The number of piperidine rings is 1. The van der Waals surface area contributed by atoms with Gasteiger partial charge < -0.3 is 4.90 Å². The number of hydrogen-bond donors (Lipinski definition) is 0. The van der Waals surface area contributed by atoms with E-state index in [0.29, 0.717) is 40.3 Å². The van der Waals surface area contributed by atoms with Crippen LogP contribution >= 0.6 is 22.9 Å². The zero-order valence-electron chi connectivity index (χ0n) is 12.9. The summed E-state index contributed by atoms with van der Waals surface area (Å²) in [6, 6.07) is 3.53. The van der Waals surface area contributed by atoms with Crippen LogP contribution in [0.15, 0.2) is 29.5 Å². The minimum absolute atomic E-state index is 0.0201. The molecule has 0 radical (unpaired) electrons. The Labute approximate surface area is 143 Å². The Morgan fingerprint density at radius 3 is 2.78 bits per heavy atom. The number of carbonyl (C=O) groups excluding carboxylic acids is 1. The van der Waals surface area contributed by atoms with Crippen molar-refractivity contribution < 1.29 is 4.79 Å².